The molecule has 0 aromatic heterocycles. The summed E-state index contributed by atoms with van der Waals surface area (Å²) in [5.74, 6) is 0. The molecule has 1 saturated heterocycles. The van der Waals surface area contributed by atoms with Crippen LogP contribution in [-0.4, -0.2) is 37.4 Å². The fraction of sp³-hybridized carbons (Fsp3) is 0.381. The van der Waals surface area contributed by atoms with Crippen LogP contribution in [0.1, 0.15) is 36.0 Å². The molecule has 0 spiro atoms. The van der Waals surface area contributed by atoms with Gasteiger partial charge in [-0.1, -0.05) is 42.8 Å². The van der Waals surface area contributed by atoms with E-state index in [0.29, 0.717) is 0 Å². The molecule has 24 heavy (non-hydrogen) atoms. The molecule has 0 saturated carbocycles. The van der Waals surface area contributed by atoms with Gasteiger partial charge in [-0.2, -0.15) is 0 Å². The first-order valence-electron chi connectivity index (χ1n) is 8.98. The minimum Gasteiger partial charge on any atom is -0.385 e. The first kappa shape index (κ1) is 16.7. The summed E-state index contributed by atoms with van der Waals surface area (Å²) in [6, 6.07) is 16.1. The number of hydrogen-bond donors (Lipinski definition) is 1. The van der Waals surface area contributed by atoms with E-state index in [0.717, 1.165) is 35.2 Å². The Kier molecular flexibility index (Phi) is 6.02. The summed E-state index contributed by atoms with van der Waals surface area (Å²) in [5, 5.41) is 3.50. The average molecular weight is 322 g/mol. The molecule has 0 amide bonds. The van der Waals surface area contributed by atoms with E-state index in [9.17, 15) is 4.79 Å². The lowest BCUT2D eigenvalue weighted by Crippen LogP contribution is -2.31. The van der Waals surface area contributed by atoms with E-state index in [4.69, 9.17) is 0 Å². The Bertz CT molecular complexity index is 645. The van der Waals surface area contributed by atoms with Crippen molar-refractivity contribution in [2.75, 3.05) is 31.5 Å². The first-order valence-corrected chi connectivity index (χ1v) is 8.98. The predicted molar refractivity (Wildman–Crippen MR) is 101 cm³/mol. The number of carbonyl (C=O) groups is 1. The van der Waals surface area contributed by atoms with Crippen molar-refractivity contribution in [3.63, 3.8) is 0 Å². The number of anilines is 1. The fourth-order valence-corrected chi connectivity index (χ4v) is 3.35. The van der Waals surface area contributed by atoms with Crippen LogP contribution in [0.3, 0.4) is 0 Å². The SMILES string of the molecule is O=Cc1ccccc1-c1ccc(NCCCN2CCCCC2)cc1. The van der Waals surface area contributed by atoms with Gasteiger partial charge in [0.1, 0.15) is 0 Å². The third-order valence-electron chi connectivity index (χ3n) is 4.71. The predicted octanol–water partition coefficient (Wildman–Crippen LogP) is 4.45. The highest BCUT2D eigenvalue weighted by atomic mass is 16.1. The maximum absolute atomic E-state index is 11.2. The molecular weight excluding hydrogens is 296 g/mol. The number of carbonyl (C=O) groups excluding carboxylic acids is 1. The molecule has 1 fully saturated rings. The summed E-state index contributed by atoms with van der Waals surface area (Å²) in [7, 11) is 0. The highest BCUT2D eigenvalue weighted by molar-refractivity contribution is 5.87. The van der Waals surface area contributed by atoms with E-state index in [1.165, 1.54) is 45.3 Å². The Hall–Kier alpha value is -2.13. The van der Waals surface area contributed by atoms with Gasteiger partial charge in [-0.3, -0.25) is 4.79 Å². The minimum atomic E-state index is 0.736. The van der Waals surface area contributed by atoms with Crippen molar-refractivity contribution in [2.24, 2.45) is 0 Å². The summed E-state index contributed by atoms with van der Waals surface area (Å²) >= 11 is 0. The highest BCUT2D eigenvalue weighted by Gasteiger charge is 2.08. The van der Waals surface area contributed by atoms with Crippen LogP contribution in [-0.2, 0) is 0 Å². The number of rotatable bonds is 7. The summed E-state index contributed by atoms with van der Waals surface area (Å²) in [4.78, 5) is 13.7. The van der Waals surface area contributed by atoms with Crippen molar-refractivity contribution in [3.8, 4) is 11.1 Å². The Morgan fingerprint density at radius 1 is 0.958 bits per heavy atom. The molecule has 0 atom stereocenters. The second-order valence-corrected chi connectivity index (χ2v) is 6.47. The van der Waals surface area contributed by atoms with E-state index in [-0.39, 0.29) is 0 Å². The van der Waals surface area contributed by atoms with E-state index >= 15 is 0 Å². The Morgan fingerprint density at radius 3 is 2.46 bits per heavy atom. The molecule has 2 aromatic rings. The molecule has 2 aromatic carbocycles. The lowest BCUT2D eigenvalue weighted by molar-refractivity contribution is 0.112. The molecule has 3 nitrogen and oxygen atoms in total. The van der Waals surface area contributed by atoms with Gasteiger partial charge in [-0.25, -0.2) is 0 Å². The smallest absolute Gasteiger partial charge is 0.150 e. The number of aldehydes is 1. The zero-order valence-electron chi connectivity index (χ0n) is 14.2. The van der Waals surface area contributed by atoms with Gasteiger partial charge in [0.2, 0.25) is 0 Å². The van der Waals surface area contributed by atoms with Crippen LogP contribution in [0.25, 0.3) is 11.1 Å². The highest BCUT2D eigenvalue weighted by Crippen LogP contribution is 2.24. The van der Waals surface area contributed by atoms with E-state index in [1.54, 1.807) is 0 Å². The van der Waals surface area contributed by atoms with Gasteiger partial charge in [0.05, 0.1) is 0 Å². The standard InChI is InChI=1S/C21H26N2O/c24-17-19-7-2-3-8-21(19)18-9-11-20(12-10-18)22-13-6-16-23-14-4-1-5-15-23/h2-3,7-12,17,22H,1,4-6,13-16H2. The third-order valence-corrected chi connectivity index (χ3v) is 4.71. The third kappa shape index (κ3) is 4.45. The van der Waals surface area contributed by atoms with Crippen molar-refractivity contribution in [3.05, 3.63) is 54.1 Å². The monoisotopic (exact) mass is 322 g/mol. The maximum atomic E-state index is 11.2. The summed E-state index contributed by atoms with van der Waals surface area (Å²) < 4.78 is 0. The summed E-state index contributed by atoms with van der Waals surface area (Å²) in [6.45, 7) is 4.73. The Labute approximate surface area is 144 Å². The Morgan fingerprint density at radius 2 is 1.71 bits per heavy atom. The number of benzene rings is 2. The van der Waals surface area contributed by atoms with Crippen molar-refractivity contribution < 1.29 is 4.79 Å². The van der Waals surface area contributed by atoms with Crippen LogP contribution < -0.4 is 5.32 Å². The van der Waals surface area contributed by atoms with Gasteiger partial charge in [0, 0.05) is 17.8 Å². The van der Waals surface area contributed by atoms with Crippen LogP contribution in [0.15, 0.2) is 48.5 Å². The normalized spacial score (nSPS) is 15.2. The molecule has 126 valence electrons. The number of nitrogens with zero attached hydrogens (tertiary/aromatic N) is 1. The van der Waals surface area contributed by atoms with Gasteiger partial charge >= 0.3 is 0 Å². The fourth-order valence-electron chi connectivity index (χ4n) is 3.35. The van der Waals surface area contributed by atoms with Crippen LogP contribution in [0.5, 0.6) is 0 Å². The Balaban J connectivity index is 1.50. The van der Waals surface area contributed by atoms with Crippen LogP contribution in [0, 0.1) is 0 Å². The molecule has 1 N–H and O–H groups in total. The first-order chi connectivity index (χ1) is 11.9. The second-order valence-electron chi connectivity index (χ2n) is 6.47. The van der Waals surface area contributed by atoms with E-state index in [2.05, 4.69) is 34.5 Å². The second kappa shape index (κ2) is 8.65. The van der Waals surface area contributed by atoms with Gasteiger partial charge in [0.25, 0.3) is 0 Å². The quantitative estimate of drug-likeness (QED) is 0.603. The number of likely N-dealkylation sites (tertiary alicyclic amines) is 1. The molecule has 1 aliphatic heterocycles. The molecule has 0 unspecified atom stereocenters. The van der Waals surface area contributed by atoms with E-state index < -0.39 is 0 Å². The van der Waals surface area contributed by atoms with Gasteiger partial charge in [-0.15, -0.1) is 0 Å². The van der Waals surface area contributed by atoms with Crippen LogP contribution in [0.4, 0.5) is 5.69 Å². The van der Waals surface area contributed by atoms with Crippen molar-refractivity contribution in [1.29, 1.82) is 0 Å². The van der Waals surface area contributed by atoms with Crippen molar-refractivity contribution in [2.45, 2.75) is 25.7 Å². The van der Waals surface area contributed by atoms with Gasteiger partial charge in [0.15, 0.2) is 6.29 Å². The molecule has 0 radical (unpaired) electrons. The molecular formula is C21H26N2O. The molecule has 0 aliphatic carbocycles. The van der Waals surface area contributed by atoms with Gasteiger partial charge < -0.3 is 10.2 Å². The minimum absolute atomic E-state index is 0.736. The zero-order chi connectivity index (χ0) is 16.6. The molecule has 1 aliphatic rings. The molecule has 3 rings (SSSR count). The lowest BCUT2D eigenvalue weighted by atomic mass is 10.0. The number of piperidine rings is 1. The molecule has 1 heterocycles. The molecule has 3 heteroatoms. The number of hydrogen-bond acceptors (Lipinski definition) is 3. The maximum Gasteiger partial charge on any atom is 0.150 e. The largest absolute Gasteiger partial charge is 0.385 e. The molecule has 0 bridgehead atoms. The van der Waals surface area contributed by atoms with Crippen LogP contribution in [0.2, 0.25) is 0 Å². The van der Waals surface area contributed by atoms with Crippen molar-refractivity contribution >= 4 is 12.0 Å². The zero-order valence-corrected chi connectivity index (χ0v) is 14.2. The van der Waals surface area contributed by atoms with Crippen molar-refractivity contribution in [1.82, 2.24) is 4.90 Å². The van der Waals surface area contributed by atoms with Gasteiger partial charge in [-0.05, 0) is 62.2 Å². The average Bonchev–Trinajstić information content (AvgIpc) is 2.66. The number of nitrogens with one attached hydrogen (secondary N) is 1. The lowest BCUT2D eigenvalue weighted by Gasteiger charge is -2.26. The topological polar surface area (TPSA) is 32.3 Å². The van der Waals surface area contributed by atoms with E-state index in [1.807, 2.05) is 24.3 Å². The van der Waals surface area contributed by atoms with Crippen LogP contribution >= 0.6 is 0 Å². The summed E-state index contributed by atoms with van der Waals surface area (Å²) in [5.41, 5.74) is 3.95. The summed E-state index contributed by atoms with van der Waals surface area (Å²) in [6.07, 6.45) is 6.21.